The summed E-state index contributed by atoms with van der Waals surface area (Å²) in [6.45, 7) is -0.564. The lowest BCUT2D eigenvalue weighted by molar-refractivity contribution is -0.121. The van der Waals surface area contributed by atoms with Gasteiger partial charge in [0.15, 0.2) is 0 Å². The number of sulfonamides is 1. The Bertz CT molecular complexity index is 1150. The van der Waals surface area contributed by atoms with Crippen LogP contribution in [0.3, 0.4) is 0 Å². The summed E-state index contributed by atoms with van der Waals surface area (Å²) in [7, 11) is -4.13. The van der Waals surface area contributed by atoms with Gasteiger partial charge in [0.05, 0.1) is 11.4 Å². The van der Waals surface area contributed by atoms with E-state index in [4.69, 9.17) is 23.2 Å². The molecule has 0 aliphatic heterocycles. The number of nitrogens with zero attached hydrogens (tertiary/aromatic N) is 1. The first-order chi connectivity index (χ1) is 15.3. The van der Waals surface area contributed by atoms with Gasteiger partial charge >= 0.3 is 0 Å². The third kappa shape index (κ3) is 6.29. The van der Waals surface area contributed by atoms with Crippen LogP contribution in [0.5, 0.6) is 0 Å². The Kier molecular flexibility index (Phi) is 8.26. The lowest BCUT2D eigenvalue weighted by atomic mass is 10.1. The number of halogens is 3. The standard InChI is InChI=1S/C23H21Cl2FN2O3S/c24-18-9-11-19(12-10-18)32(30,31)28(15-20-21(25)7-4-8-22(20)26)16-23(29)27-14-13-17-5-2-1-3-6-17/h1-12H,13-16H2,(H,27,29). The zero-order chi connectivity index (χ0) is 23.1. The molecule has 0 saturated heterocycles. The molecule has 32 heavy (non-hydrogen) atoms. The number of carbonyl (C=O) groups excluding carboxylic acids is 1. The molecule has 1 N–H and O–H groups in total. The molecule has 3 aromatic rings. The number of rotatable bonds is 9. The van der Waals surface area contributed by atoms with Crippen molar-refractivity contribution >= 4 is 39.1 Å². The molecule has 0 saturated carbocycles. The van der Waals surface area contributed by atoms with E-state index in [0.29, 0.717) is 18.0 Å². The summed E-state index contributed by atoms with van der Waals surface area (Å²) < 4.78 is 41.7. The molecule has 0 aromatic heterocycles. The largest absolute Gasteiger partial charge is 0.355 e. The average Bonchev–Trinajstić information content (AvgIpc) is 2.76. The number of carbonyl (C=O) groups is 1. The Labute approximate surface area is 196 Å². The first-order valence-corrected chi connectivity index (χ1v) is 12.0. The molecule has 0 spiro atoms. The van der Waals surface area contributed by atoms with Crippen molar-refractivity contribution in [1.82, 2.24) is 9.62 Å². The molecule has 0 unspecified atom stereocenters. The summed E-state index contributed by atoms with van der Waals surface area (Å²) in [6.07, 6.45) is 0.593. The molecular formula is C23H21Cl2FN2O3S. The van der Waals surface area contributed by atoms with Crippen LogP contribution in [0, 0.1) is 5.82 Å². The maximum Gasteiger partial charge on any atom is 0.243 e. The molecule has 0 aliphatic carbocycles. The topological polar surface area (TPSA) is 66.5 Å². The molecule has 3 rings (SSSR count). The minimum Gasteiger partial charge on any atom is -0.355 e. The molecule has 0 atom stereocenters. The fourth-order valence-electron chi connectivity index (χ4n) is 3.05. The van der Waals surface area contributed by atoms with E-state index in [0.717, 1.165) is 9.87 Å². The molecule has 0 radical (unpaired) electrons. The van der Waals surface area contributed by atoms with Gasteiger partial charge < -0.3 is 5.32 Å². The SMILES string of the molecule is O=C(CN(Cc1c(F)cccc1Cl)S(=O)(=O)c1ccc(Cl)cc1)NCCc1ccccc1. The molecule has 168 valence electrons. The van der Waals surface area contributed by atoms with Crippen LogP contribution < -0.4 is 5.32 Å². The van der Waals surface area contributed by atoms with Crippen molar-refractivity contribution < 1.29 is 17.6 Å². The Morgan fingerprint density at radius 2 is 1.62 bits per heavy atom. The van der Waals surface area contributed by atoms with E-state index in [2.05, 4.69) is 5.32 Å². The highest BCUT2D eigenvalue weighted by Crippen LogP contribution is 2.25. The second-order valence-electron chi connectivity index (χ2n) is 7.01. The van der Waals surface area contributed by atoms with E-state index < -0.39 is 34.8 Å². The summed E-state index contributed by atoms with van der Waals surface area (Å²) >= 11 is 12.0. The number of amides is 1. The van der Waals surface area contributed by atoms with E-state index in [9.17, 15) is 17.6 Å². The molecule has 0 aliphatic rings. The van der Waals surface area contributed by atoms with Crippen LogP contribution in [0.15, 0.2) is 77.7 Å². The molecule has 0 fully saturated rings. The van der Waals surface area contributed by atoms with Crippen molar-refractivity contribution in [1.29, 1.82) is 0 Å². The predicted octanol–water partition coefficient (Wildman–Crippen LogP) is 4.68. The van der Waals surface area contributed by atoms with E-state index in [1.165, 1.54) is 42.5 Å². The van der Waals surface area contributed by atoms with Gasteiger partial charge in [-0.2, -0.15) is 4.31 Å². The number of hydrogen-bond donors (Lipinski definition) is 1. The van der Waals surface area contributed by atoms with Gasteiger partial charge in [-0.15, -0.1) is 0 Å². The molecule has 5 nitrogen and oxygen atoms in total. The first-order valence-electron chi connectivity index (χ1n) is 9.76. The van der Waals surface area contributed by atoms with Gasteiger partial charge in [-0.1, -0.05) is 59.6 Å². The summed E-state index contributed by atoms with van der Waals surface area (Å²) in [5.41, 5.74) is 1.03. The molecular weight excluding hydrogens is 474 g/mol. The summed E-state index contributed by atoms with van der Waals surface area (Å²) in [4.78, 5) is 12.5. The fraction of sp³-hybridized carbons (Fsp3) is 0.174. The highest BCUT2D eigenvalue weighted by atomic mass is 35.5. The Morgan fingerprint density at radius 1 is 0.938 bits per heavy atom. The third-order valence-electron chi connectivity index (χ3n) is 4.75. The first kappa shape index (κ1) is 24.2. The van der Waals surface area contributed by atoms with Gasteiger partial charge in [0.25, 0.3) is 0 Å². The molecule has 1 amide bonds. The average molecular weight is 495 g/mol. The van der Waals surface area contributed by atoms with E-state index in [1.54, 1.807) is 0 Å². The van der Waals surface area contributed by atoms with E-state index in [1.807, 2.05) is 30.3 Å². The molecule has 0 heterocycles. The second kappa shape index (κ2) is 10.9. The van der Waals surface area contributed by atoms with Crippen LogP contribution in [0.2, 0.25) is 10.0 Å². The molecule has 0 bridgehead atoms. The normalized spacial score (nSPS) is 11.5. The fourth-order valence-corrected chi connectivity index (χ4v) is 4.76. The second-order valence-corrected chi connectivity index (χ2v) is 9.79. The molecule has 9 heteroatoms. The van der Waals surface area contributed by atoms with Crippen molar-refractivity contribution in [2.45, 2.75) is 17.9 Å². The Balaban J connectivity index is 1.80. The lowest BCUT2D eigenvalue weighted by Crippen LogP contribution is -2.41. The highest BCUT2D eigenvalue weighted by Gasteiger charge is 2.28. The van der Waals surface area contributed by atoms with Crippen molar-refractivity contribution in [3.05, 3.63) is 99.8 Å². The van der Waals surface area contributed by atoms with E-state index >= 15 is 0 Å². The van der Waals surface area contributed by atoms with E-state index in [-0.39, 0.29) is 15.5 Å². The van der Waals surface area contributed by atoms with Crippen LogP contribution in [0.25, 0.3) is 0 Å². The number of nitrogens with one attached hydrogen (secondary N) is 1. The van der Waals surface area contributed by atoms with Crippen LogP contribution in [-0.4, -0.2) is 31.7 Å². The monoisotopic (exact) mass is 494 g/mol. The number of benzene rings is 3. The Morgan fingerprint density at radius 3 is 2.28 bits per heavy atom. The quantitative estimate of drug-likeness (QED) is 0.469. The van der Waals surface area contributed by atoms with Crippen LogP contribution in [-0.2, 0) is 27.8 Å². The van der Waals surface area contributed by atoms with Crippen molar-refractivity contribution in [2.75, 3.05) is 13.1 Å². The van der Waals surface area contributed by atoms with Crippen molar-refractivity contribution in [3.63, 3.8) is 0 Å². The lowest BCUT2D eigenvalue weighted by Gasteiger charge is -2.23. The maximum atomic E-state index is 14.4. The third-order valence-corrected chi connectivity index (χ3v) is 7.16. The van der Waals surface area contributed by atoms with Gasteiger partial charge in [-0.3, -0.25) is 4.79 Å². The van der Waals surface area contributed by atoms with Crippen LogP contribution in [0.1, 0.15) is 11.1 Å². The summed E-state index contributed by atoms with van der Waals surface area (Å²) in [6, 6.07) is 19.2. The summed E-state index contributed by atoms with van der Waals surface area (Å²) in [5, 5.41) is 3.16. The maximum absolute atomic E-state index is 14.4. The van der Waals surface area contributed by atoms with Crippen LogP contribution in [0.4, 0.5) is 4.39 Å². The van der Waals surface area contributed by atoms with Crippen LogP contribution >= 0.6 is 23.2 Å². The van der Waals surface area contributed by atoms with Gasteiger partial charge in [-0.05, 0) is 48.4 Å². The molecule has 3 aromatic carbocycles. The zero-order valence-corrected chi connectivity index (χ0v) is 19.3. The van der Waals surface area contributed by atoms with Gasteiger partial charge in [-0.25, -0.2) is 12.8 Å². The van der Waals surface area contributed by atoms with Crippen molar-refractivity contribution in [3.8, 4) is 0 Å². The summed E-state index contributed by atoms with van der Waals surface area (Å²) in [5.74, 6) is -1.16. The number of hydrogen-bond acceptors (Lipinski definition) is 3. The van der Waals surface area contributed by atoms with Gasteiger partial charge in [0.2, 0.25) is 15.9 Å². The predicted molar refractivity (Wildman–Crippen MR) is 124 cm³/mol. The highest BCUT2D eigenvalue weighted by molar-refractivity contribution is 7.89. The minimum atomic E-state index is -4.13. The van der Waals surface area contributed by atoms with Gasteiger partial charge in [0.1, 0.15) is 5.82 Å². The van der Waals surface area contributed by atoms with Gasteiger partial charge in [0, 0.05) is 28.7 Å². The minimum absolute atomic E-state index is 0.0104. The van der Waals surface area contributed by atoms with Crippen molar-refractivity contribution in [2.24, 2.45) is 0 Å². The Hall–Kier alpha value is -2.45. The smallest absolute Gasteiger partial charge is 0.243 e. The zero-order valence-electron chi connectivity index (χ0n) is 17.0.